The van der Waals surface area contributed by atoms with Crippen molar-refractivity contribution in [3.63, 3.8) is 0 Å². The summed E-state index contributed by atoms with van der Waals surface area (Å²) in [4.78, 5) is 0. The summed E-state index contributed by atoms with van der Waals surface area (Å²) in [7, 11) is 0. The van der Waals surface area contributed by atoms with Crippen LogP contribution in [0.4, 0.5) is 0 Å². The van der Waals surface area contributed by atoms with Gasteiger partial charge in [0.1, 0.15) is 0 Å². The molecule has 112 valence electrons. The summed E-state index contributed by atoms with van der Waals surface area (Å²) < 4.78 is 0. The fraction of sp³-hybridized carbons (Fsp3) is 0.647. The van der Waals surface area contributed by atoms with E-state index in [0.717, 1.165) is 28.6 Å². The summed E-state index contributed by atoms with van der Waals surface area (Å²) in [5.74, 6) is 0. The van der Waals surface area contributed by atoms with Gasteiger partial charge >= 0.3 is 0 Å². The highest BCUT2D eigenvalue weighted by molar-refractivity contribution is 6.36. The summed E-state index contributed by atoms with van der Waals surface area (Å²) in [6.07, 6.45) is 7.58. The maximum atomic E-state index is 6.35. The maximum absolute atomic E-state index is 6.35. The van der Waals surface area contributed by atoms with Crippen LogP contribution in [0.3, 0.4) is 0 Å². The molecule has 0 saturated heterocycles. The predicted molar refractivity (Wildman–Crippen MR) is 88.8 cm³/mol. The molecular weight excluding hydrogens is 289 g/mol. The van der Waals surface area contributed by atoms with E-state index in [9.17, 15) is 0 Å². The van der Waals surface area contributed by atoms with Gasteiger partial charge in [0.2, 0.25) is 0 Å². The number of rotatable bonds is 5. The Kier molecular flexibility index (Phi) is 5.77. The highest BCUT2D eigenvalue weighted by Crippen LogP contribution is 2.41. The third-order valence-electron chi connectivity index (χ3n) is 4.76. The average Bonchev–Trinajstić information content (AvgIpc) is 2.42. The molecule has 1 N–H and O–H groups in total. The minimum atomic E-state index is 0.358. The monoisotopic (exact) mass is 313 g/mol. The third kappa shape index (κ3) is 3.69. The smallest absolute Gasteiger partial charge is 0.0453 e. The minimum absolute atomic E-state index is 0.358. The van der Waals surface area contributed by atoms with Gasteiger partial charge in [-0.1, -0.05) is 62.4 Å². The number of nitrogens with one attached hydrogen (secondary N) is 1. The van der Waals surface area contributed by atoms with Gasteiger partial charge in [-0.25, -0.2) is 0 Å². The van der Waals surface area contributed by atoms with Crippen molar-refractivity contribution in [2.24, 2.45) is 5.41 Å². The summed E-state index contributed by atoms with van der Waals surface area (Å²) in [6, 6.07) is 6.24. The first-order chi connectivity index (χ1) is 9.57. The van der Waals surface area contributed by atoms with E-state index < -0.39 is 0 Å². The Balaban J connectivity index is 2.20. The number of hydrogen-bond acceptors (Lipinski definition) is 1. The molecule has 20 heavy (non-hydrogen) atoms. The SMILES string of the molecule is CCNC(Cc1c(Cl)cccc1Cl)C1(C)CCCCC1. The first kappa shape index (κ1) is 16.1. The molecule has 1 aliphatic rings. The lowest BCUT2D eigenvalue weighted by molar-refractivity contribution is 0.145. The Morgan fingerprint density at radius 3 is 2.30 bits per heavy atom. The maximum Gasteiger partial charge on any atom is 0.0453 e. The van der Waals surface area contributed by atoms with Gasteiger partial charge in [-0.05, 0) is 48.9 Å². The molecular formula is C17H25Cl2N. The zero-order valence-corrected chi connectivity index (χ0v) is 14.0. The molecule has 0 bridgehead atoms. The van der Waals surface area contributed by atoms with Crippen LogP contribution in [0.1, 0.15) is 51.5 Å². The molecule has 1 aromatic rings. The Morgan fingerprint density at radius 1 is 1.15 bits per heavy atom. The molecule has 1 unspecified atom stereocenters. The lowest BCUT2D eigenvalue weighted by Crippen LogP contribution is -2.46. The Hall–Kier alpha value is -0.240. The quantitative estimate of drug-likeness (QED) is 0.758. The number of halogens is 2. The van der Waals surface area contributed by atoms with E-state index in [1.165, 1.54) is 32.1 Å². The molecule has 1 atom stereocenters. The van der Waals surface area contributed by atoms with E-state index in [1.807, 2.05) is 18.2 Å². The van der Waals surface area contributed by atoms with Crippen molar-refractivity contribution < 1.29 is 0 Å². The fourth-order valence-electron chi connectivity index (χ4n) is 3.45. The second-order valence-electron chi connectivity index (χ2n) is 6.23. The van der Waals surface area contributed by atoms with Crippen molar-refractivity contribution in [1.29, 1.82) is 0 Å². The van der Waals surface area contributed by atoms with Crippen molar-refractivity contribution in [2.75, 3.05) is 6.54 Å². The predicted octanol–water partition coefficient (Wildman–Crippen LogP) is 5.48. The first-order valence-electron chi connectivity index (χ1n) is 7.73. The van der Waals surface area contributed by atoms with Crippen molar-refractivity contribution in [3.8, 4) is 0 Å². The van der Waals surface area contributed by atoms with Crippen LogP contribution in [0.2, 0.25) is 10.0 Å². The Bertz CT molecular complexity index is 418. The first-order valence-corrected chi connectivity index (χ1v) is 8.48. The van der Waals surface area contributed by atoms with E-state index in [0.29, 0.717) is 11.5 Å². The lowest BCUT2D eigenvalue weighted by atomic mass is 9.69. The molecule has 0 aromatic heterocycles. The molecule has 1 saturated carbocycles. The average molecular weight is 314 g/mol. The van der Waals surface area contributed by atoms with Gasteiger partial charge in [0.05, 0.1) is 0 Å². The number of hydrogen-bond donors (Lipinski definition) is 1. The summed E-state index contributed by atoms with van der Waals surface area (Å²) in [5.41, 5.74) is 1.45. The van der Waals surface area contributed by atoms with Crippen molar-refractivity contribution in [3.05, 3.63) is 33.8 Å². The van der Waals surface area contributed by atoms with Gasteiger partial charge < -0.3 is 5.32 Å². The molecule has 2 rings (SSSR count). The highest BCUT2D eigenvalue weighted by Gasteiger charge is 2.35. The van der Waals surface area contributed by atoms with Gasteiger partial charge in [0.25, 0.3) is 0 Å². The summed E-state index contributed by atoms with van der Waals surface area (Å²) >= 11 is 12.7. The molecule has 1 nitrogen and oxygen atoms in total. The van der Waals surface area contributed by atoms with Crippen LogP contribution in [0.15, 0.2) is 18.2 Å². The van der Waals surface area contributed by atoms with Crippen LogP contribution in [-0.2, 0) is 6.42 Å². The standard InChI is InChI=1S/C17H25Cl2N/c1-3-20-16(17(2)10-5-4-6-11-17)12-13-14(18)8-7-9-15(13)19/h7-9,16,20H,3-6,10-12H2,1-2H3. The van der Waals surface area contributed by atoms with Gasteiger partial charge in [-0.15, -0.1) is 0 Å². The highest BCUT2D eigenvalue weighted by atomic mass is 35.5. The molecule has 0 spiro atoms. The van der Waals surface area contributed by atoms with E-state index in [2.05, 4.69) is 19.2 Å². The molecule has 1 aromatic carbocycles. The van der Waals surface area contributed by atoms with E-state index >= 15 is 0 Å². The zero-order valence-electron chi connectivity index (χ0n) is 12.5. The molecule has 1 fully saturated rings. The van der Waals surface area contributed by atoms with Crippen molar-refractivity contribution in [1.82, 2.24) is 5.32 Å². The van der Waals surface area contributed by atoms with Gasteiger partial charge in [0.15, 0.2) is 0 Å². The van der Waals surface area contributed by atoms with E-state index in [1.54, 1.807) is 0 Å². The fourth-order valence-corrected chi connectivity index (χ4v) is 4.00. The van der Waals surface area contributed by atoms with Gasteiger partial charge in [-0.3, -0.25) is 0 Å². The van der Waals surface area contributed by atoms with Gasteiger partial charge in [0, 0.05) is 16.1 Å². The molecule has 3 heteroatoms. The minimum Gasteiger partial charge on any atom is -0.313 e. The normalized spacial score (nSPS) is 19.8. The Morgan fingerprint density at radius 2 is 1.75 bits per heavy atom. The number of likely N-dealkylation sites (N-methyl/N-ethyl adjacent to an activating group) is 1. The van der Waals surface area contributed by atoms with Crippen LogP contribution < -0.4 is 5.32 Å². The van der Waals surface area contributed by atoms with E-state index in [4.69, 9.17) is 23.2 Å². The molecule has 0 aliphatic heterocycles. The van der Waals surface area contributed by atoms with Crippen molar-refractivity contribution >= 4 is 23.2 Å². The van der Waals surface area contributed by atoms with Crippen LogP contribution >= 0.6 is 23.2 Å². The lowest BCUT2D eigenvalue weighted by Gasteiger charge is -2.41. The van der Waals surface area contributed by atoms with Crippen LogP contribution in [0.5, 0.6) is 0 Å². The Labute approximate surface area is 133 Å². The largest absolute Gasteiger partial charge is 0.313 e. The number of benzene rings is 1. The second kappa shape index (κ2) is 7.15. The summed E-state index contributed by atoms with van der Waals surface area (Å²) in [6.45, 7) is 5.58. The van der Waals surface area contributed by atoms with Crippen molar-refractivity contribution in [2.45, 2.75) is 58.4 Å². The second-order valence-corrected chi connectivity index (χ2v) is 7.04. The van der Waals surface area contributed by atoms with Crippen LogP contribution in [0, 0.1) is 5.41 Å². The molecule has 0 heterocycles. The topological polar surface area (TPSA) is 12.0 Å². The third-order valence-corrected chi connectivity index (χ3v) is 5.47. The molecule has 0 radical (unpaired) electrons. The van der Waals surface area contributed by atoms with Crippen LogP contribution in [-0.4, -0.2) is 12.6 Å². The summed E-state index contributed by atoms with van der Waals surface area (Å²) in [5, 5.41) is 5.26. The molecule has 1 aliphatic carbocycles. The zero-order chi connectivity index (χ0) is 14.6. The van der Waals surface area contributed by atoms with Gasteiger partial charge in [-0.2, -0.15) is 0 Å². The molecule has 0 amide bonds. The van der Waals surface area contributed by atoms with Crippen LogP contribution in [0.25, 0.3) is 0 Å². The van der Waals surface area contributed by atoms with E-state index in [-0.39, 0.29) is 0 Å².